The molecule has 10 heteroatoms. The Bertz CT molecular complexity index is 994. The number of aromatic nitrogens is 2. The Labute approximate surface area is 167 Å². The lowest BCUT2D eigenvalue weighted by Crippen LogP contribution is -2.38. The number of aliphatic hydroxyl groups is 1. The molecule has 1 unspecified atom stereocenters. The van der Waals surface area contributed by atoms with E-state index in [9.17, 15) is 24.3 Å². The quantitative estimate of drug-likeness (QED) is 0.540. The average molecular weight is 403 g/mol. The lowest BCUT2D eigenvalue weighted by Gasteiger charge is -2.20. The van der Waals surface area contributed by atoms with Crippen LogP contribution in [0.25, 0.3) is 11.0 Å². The number of amides is 3. The molecule has 0 bridgehead atoms. The monoisotopic (exact) mass is 403 g/mol. The minimum absolute atomic E-state index is 0.0568. The van der Waals surface area contributed by atoms with Crippen LogP contribution in [0, 0.1) is 0 Å². The SMILES string of the molecule is CCN(CC)C(=O)Cn1c(=O)c(C(N)=O)cc2cc(C(=O)NCC(C)O)cnc21. The number of carbonyl (C=O) groups is 3. The molecular formula is C19H25N5O5. The molecular weight excluding hydrogens is 378 g/mol. The highest BCUT2D eigenvalue weighted by atomic mass is 16.3. The van der Waals surface area contributed by atoms with Crippen molar-refractivity contribution in [2.45, 2.75) is 33.4 Å². The van der Waals surface area contributed by atoms with Crippen molar-refractivity contribution in [1.82, 2.24) is 19.8 Å². The van der Waals surface area contributed by atoms with Gasteiger partial charge < -0.3 is 21.1 Å². The van der Waals surface area contributed by atoms with Crippen LogP contribution < -0.4 is 16.6 Å². The van der Waals surface area contributed by atoms with Crippen molar-refractivity contribution in [3.63, 3.8) is 0 Å². The van der Waals surface area contributed by atoms with E-state index >= 15 is 0 Å². The summed E-state index contributed by atoms with van der Waals surface area (Å²) in [6, 6.07) is 2.71. The normalized spacial score (nSPS) is 11.9. The summed E-state index contributed by atoms with van der Waals surface area (Å²) in [7, 11) is 0. The van der Waals surface area contributed by atoms with Crippen molar-refractivity contribution in [2.75, 3.05) is 19.6 Å². The Morgan fingerprint density at radius 3 is 2.48 bits per heavy atom. The molecule has 0 saturated carbocycles. The van der Waals surface area contributed by atoms with E-state index in [0.29, 0.717) is 18.5 Å². The minimum Gasteiger partial charge on any atom is -0.392 e. The van der Waals surface area contributed by atoms with E-state index in [2.05, 4.69) is 10.3 Å². The fourth-order valence-electron chi connectivity index (χ4n) is 2.87. The van der Waals surface area contributed by atoms with E-state index < -0.39 is 23.5 Å². The van der Waals surface area contributed by atoms with Crippen LogP contribution in [0.2, 0.25) is 0 Å². The zero-order valence-electron chi connectivity index (χ0n) is 16.6. The number of likely N-dealkylation sites (N-methyl/N-ethyl adjacent to an activating group) is 1. The molecule has 29 heavy (non-hydrogen) atoms. The van der Waals surface area contributed by atoms with Gasteiger partial charge in [0.1, 0.15) is 17.8 Å². The first-order valence-electron chi connectivity index (χ1n) is 9.26. The van der Waals surface area contributed by atoms with E-state index in [4.69, 9.17) is 5.73 Å². The van der Waals surface area contributed by atoms with E-state index in [1.807, 2.05) is 13.8 Å². The maximum absolute atomic E-state index is 12.7. The summed E-state index contributed by atoms with van der Waals surface area (Å²) >= 11 is 0. The largest absolute Gasteiger partial charge is 0.392 e. The summed E-state index contributed by atoms with van der Waals surface area (Å²) in [5.41, 5.74) is 4.64. The molecule has 0 aromatic carbocycles. The molecule has 0 aliphatic heterocycles. The van der Waals surface area contributed by atoms with Crippen LogP contribution in [0.5, 0.6) is 0 Å². The predicted octanol–water partition coefficient (Wildman–Crippen LogP) is -0.526. The number of nitrogens with zero attached hydrogens (tertiary/aromatic N) is 3. The molecule has 2 aromatic heterocycles. The molecule has 0 saturated heterocycles. The summed E-state index contributed by atoms with van der Waals surface area (Å²) < 4.78 is 1.09. The van der Waals surface area contributed by atoms with Crippen LogP contribution >= 0.6 is 0 Å². The van der Waals surface area contributed by atoms with Gasteiger partial charge in [-0.05, 0) is 32.9 Å². The highest BCUT2D eigenvalue weighted by molar-refractivity contribution is 5.99. The number of pyridine rings is 2. The Kier molecular flexibility index (Phi) is 7.05. The fourth-order valence-corrected chi connectivity index (χ4v) is 2.87. The molecule has 0 fully saturated rings. The second-order valence-electron chi connectivity index (χ2n) is 6.58. The first-order chi connectivity index (χ1) is 13.7. The lowest BCUT2D eigenvalue weighted by atomic mass is 10.1. The Morgan fingerprint density at radius 2 is 1.93 bits per heavy atom. The van der Waals surface area contributed by atoms with Gasteiger partial charge in [0.2, 0.25) is 5.91 Å². The number of carbonyl (C=O) groups excluding carboxylic acids is 3. The molecule has 0 aliphatic rings. The van der Waals surface area contributed by atoms with Gasteiger partial charge in [-0.3, -0.25) is 23.7 Å². The molecule has 0 spiro atoms. The van der Waals surface area contributed by atoms with Gasteiger partial charge in [-0.25, -0.2) is 4.98 Å². The molecule has 2 heterocycles. The predicted molar refractivity (Wildman–Crippen MR) is 106 cm³/mol. The number of hydrogen-bond donors (Lipinski definition) is 3. The molecule has 2 rings (SSSR count). The molecule has 10 nitrogen and oxygen atoms in total. The average Bonchev–Trinajstić information content (AvgIpc) is 2.68. The second kappa shape index (κ2) is 9.28. The standard InChI is InChI=1S/C19H25N5O5/c1-4-23(5-2)15(26)10-24-17-12(7-14(16(20)27)19(24)29)6-13(9-21-17)18(28)22-8-11(3)25/h6-7,9,11,25H,4-5,8,10H2,1-3H3,(H2,20,27)(H,22,28). The third-order valence-electron chi connectivity index (χ3n) is 4.42. The van der Waals surface area contributed by atoms with Crippen molar-refractivity contribution in [3.05, 3.63) is 39.8 Å². The van der Waals surface area contributed by atoms with Crippen LogP contribution in [0.3, 0.4) is 0 Å². The number of aliphatic hydroxyl groups excluding tert-OH is 1. The summed E-state index contributed by atoms with van der Waals surface area (Å²) in [6.07, 6.45) is 0.548. The number of rotatable bonds is 8. The molecule has 3 amide bonds. The van der Waals surface area contributed by atoms with Gasteiger partial charge >= 0.3 is 0 Å². The van der Waals surface area contributed by atoms with Gasteiger partial charge in [0.15, 0.2) is 0 Å². The summed E-state index contributed by atoms with van der Waals surface area (Å²) in [5, 5.41) is 12.2. The number of nitrogens with one attached hydrogen (secondary N) is 1. The summed E-state index contributed by atoms with van der Waals surface area (Å²) in [4.78, 5) is 54.9. The minimum atomic E-state index is -0.940. The van der Waals surface area contributed by atoms with Gasteiger partial charge in [0, 0.05) is 31.2 Å². The smallest absolute Gasteiger partial charge is 0.265 e. The van der Waals surface area contributed by atoms with Gasteiger partial charge in [-0.15, -0.1) is 0 Å². The van der Waals surface area contributed by atoms with Crippen molar-refractivity contribution in [1.29, 1.82) is 0 Å². The molecule has 0 aliphatic carbocycles. The highest BCUT2D eigenvalue weighted by Gasteiger charge is 2.19. The van der Waals surface area contributed by atoms with Gasteiger partial charge in [-0.1, -0.05) is 0 Å². The van der Waals surface area contributed by atoms with E-state index in [1.54, 1.807) is 4.90 Å². The summed E-state index contributed by atoms with van der Waals surface area (Å²) in [6.45, 7) is 5.86. The third kappa shape index (κ3) is 4.96. The maximum atomic E-state index is 12.7. The van der Waals surface area contributed by atoms with Crippen LogP contribution in [0.15, 0.2) is 23.1 Å². The van der Waals surface area contributed by atoms with Crippen molar-refractivity contribution >= 4 is 28.8 Å². The van der Waals surface area contributed by atoms with Crippen molar-refractivity contribution in [3.8, 4) is 0 Å². The van der Waals surface area contributed by atoms with Crippen LogP contribution in [0.1, 0.15) is 41.5 Å². The van der Waals surface area contributed by atoms with E-state index in [1.165, 1.54) is 25.3 Å². The number of primary amides is 1. The fraction of sp³-hybridized carbons (Fsp3) is 0.421. The van der Waals surface area contributed by atoms with Gasteiger partial charge in [0.05, 0.1) is 11.7 Å². The van der Waals surface area contributed by atoms with Crippen LogP contribution in [0.4, 0.5) is 0 Å². The first-order valence-corrected chi connectivity index (χ1v) is 9.26. The van der Waals surface area contributed by atoms with Crippen molar-refractivity contribution in [2.24, 2.45) is 5.73 Å². The van der Waals surface area contributed by atoms with Gasteiger partial charge in [0.25, 0.3) is 17.4 Å². The maximum Gasteiger partial charge on any atom is 0.265 e. The van der Waals surface area contributed by atoms with Gasteiger partial charge in [-0.2, -0.15) is 0 Å². The molecule has 2 aromatic rings. The second-order valence-corrected chi connectivity index (χ2v) is 6.58. The van der Waals surface area contributed by atoms with Crippen LogP contribution in [-0.2, 0) is 11.3 Å². The number of hydrogen-bond acceptors (Lipinski definition) is 6. The zero-order valence-corrected chi connectivity index (χ0v) is 16.6. The third-order valence-corrected chi connectivity index (χ3v) is 4.42. The van der Waals surface area contributed by atoms with E-state index in [0.717, 1.165) is 4.57 Å². The molecule has 0 radical (unpaired) electrons. The first kappa shape index (κ1) is 22.0. The number of fused-ring (bicyclic) bond motifs is 1. The molecule has 156 valence electrons. The summed E-state index contributed by atoms with van der Waals surface area (Å²) in [5.74, 6) is -1.72. The Morgan fingerprint density at radius 1 is 1.28 bits per heavy atom. The topological polar surface area (TPSA) is 148 Å². The zero-order chi connectivity index (χ0) is 21.7. The van der Waals surface area contributed by atoms with Crippen LogP contribution in [-0.4, -0.2) is 63.0 Å². The Balaban J connectivity index is 2.56. The van der Waals surface area contributed by atoms with E-state index in [-0.39, 0.29) is 35.8 Å². The number of nitrogens with two attached hydrogens (primary N) is 1. The molecule has 1 atom stereocenters. The Hall–Kier alpha value is -3.27. The highest BCUT2D eigenvalue weighted by Crippen LogP contribution is 2.14. The van der Waals surface area contributed by atoms with Crippen molar-refractivity contribution < 1.29 is 19.5 Å². The molecule has 4 N–H and O–H groups in total. The lowest BCUT2D eigenvalue weighted by molar-refractivity contribution is -0.131.